The number of carbonyl (C=O) groups is 1. The number of halogens is 2. The lowest BCUT2D eigenvalue weighted by Gasteiger charge is -2.13. The van der Waals surface area contributed by atoms with Gasteiger partial charge in [0.05, 0.1) is 13.1 Å². The summed E-state index contributed by atoms with van der Waals surface area (Å²) in [5.74, 6) is 3.30. The monoisotopic (exact) mass is 540 g/mol. The highest BCUT2D eigenvalue weighted by molar-refractivity contribution is 14.0. The molecule has 3 N–H and O–H groups in total. The molecular formula is C22H26FIN4OS. The fourth-order valence-corrected chi connectivity index (χ4v) is 3.18. The standard InChI is InChI=1S/C22H25FN4OS.HI/c1-4-16-7-6-8-20(11-16)27-21(28)14-26-22(24-5-2)25-13-17-9-10-19(23)12-18(17)15-29-3;/h1,6-12H,5,13-15H2,2-3H3,(H,27,28)(H2,24,25,26);1H. The summed E-state index contributed by atoms with van der Waals surface area (Å²) in [6, 6.07) is 11.8. The van der Waals surface area contributed by atoms with E-state index in [1.807, 2.05) is 13.2 Å². The second-order valence-corrected chi connectivity index (χ2v) is 7.03. The Bertz CT molecular complexity index is 914. The van der Waals surface area contributed by atoms with Gasteiger partial charge in [-0.1, -0.05) is 18.1 Å². The molecule has 0 spiro atoms. The predicted molar refractivity (Wildman–Crippen MR) is 135 cm³/mol. The van der Waals surface area contributed by atoms with Crippen LogP contribution in [0.4, 0.5) is 10.1 Å². The van der Waals surface area contributed by atoms with Crippen molar-refractivity contribution in [3.63, 3.8) is 0 Å². The van der Waals surface area contributed by atoms with Crippen molar-refractivity contribution in [3.05, 3.63) is 65.0 Å². The van der Waals surface area contributed by atoms with Crippen molar-refractivity contribution < 1.29 is 9.18 Å². The molecule has 2 aromatic rings. The first-order valence-corrected chi connectivity index (χ1v) is 10.6. The molecule has 0 saturated carbocycles. The van der Waals surface area contributed by atoms with E-state index in [4.69, 9.17) is 6.42 Å². The number of aliphatic imine (C=N–C) groups is 1. The summed E-state index contributed by atoms with van der Waals surface area (Å²) in [5, 5.41) is 8.91. The highest BCUT2D eigenvalue weighted by atomic mass is 127. The third-order valence-electron chi connectivity index (χ3n) is 3.95. The predicted octanol–water partition coefficient (Wildman–Crippen LogP) is 3.98. The molecule has 30 heavy (non-hydrogen) atoms. The first-order chi connectivity index (χ1) is 14.0. The van der Waals surface area contributed by atoms with Gasteiger partial charge in [-0.2, -0.15) is 11.8 Å². The number of hydrogen-bond donors (Lipinski definition) is 3. The Labute approximate surface area is 198 Å². The number of carbonyl (C=O) groups excluding carboxylic acids is 1. The van der Waals surface area contributed by atoms with Gasteiger partial charge in [-0.05, 0) is 54.6 Å². The lowest BCUT2D eigenvalue weighted by molar-refractivity contribution is -0.115. The van der Waals surface area contributed by atoms with Gasteiger partial charge in [0.25, 0.3) is 0 Å². The molecule has 2 rings (SSSR count). The van der Waals surface area contributed by atoms with Gasteiger partial charge in [0.15, 0.2) is 5.96 Å². The molecule has 5 nitrogen and oxygen atoms in total. The van der Waals surface area contributed by atoms with Gasteiger partial charge in [0.1, 0.15) is 5.82 Å². The number of anilines is 1. The molecular weight excluding hydrogens is 514 g/mol. The largest absolute Gasteiger partial charge is 0.357 e. The molecule has 0 saturated heterocycles. The van der Waals surface area contributed by atoms with Gasteiger partial charge in [-0.25, -0.2) is 9.38 Å². The maximum Gasteiger partial charge on any atom is 0.243 e. The fraction of sp³-hybridized carbons (Fsp3) is 0.273. The number of terminal acetylenes is 1. The van der Waals surface area contributed by atoms with Gasteiger partial charge >= 0.3 is 0 Å². The molecule has 0 radical (unpaired) electrons. The van der Waals surface area contributed by atoms with Crippen molar-refractivity contribution in [2.24, 2.45) is 4.99 Å². The molecule has 0 atom stereocenters. The van der Waals surface area contributed by atoms with Crippen molar-refractivity contribution in [2.45, 2.75) is 19.2 Å². The van der Waals surface area contributed by atoms with Crippen molar-refractivity contribution in [1.82, 2.24) is 10.6 Å². The van der Waals surface area contributed by atoms with E-state index >= 15 is 0 Å². The maximum absolute atomic E-state index is 13.5. The zero-order valence-corrected chi connectivity index (χ0v) is 20.1. The highest BCUT2D eigenvalue weighted by Crippen LogP contribution is 2.17. The van der Waals surface area contributed by atoms with Crippen LogP contribution < -0.4 is 16.0 Å². The second kappa shape index (κ2) is 13.9. The van der Waals surface area contributed by atoms with Crippen LogP contribution >= 0.6 is 35.7 Å². The number of amides is 1. The van der Waals surface area contributed by atoms with Gasteiger partial charge in [-0.15, -0.1) is 30.4 Å². The van der Waals surface area contributed by atoms with E-state index in [1.54, 1.807) is 48.2 Å². The SMILES string of the molecule is C#Cc1cccc(NC(=O)CNC(=NCc2ccc(F)cc2CSC)NCC)c1.I. The van der Waals surface area contributed by atoms with Crippen LogP contribution in [0.1, 0.15) is 23.6 Å². The van der Waals surface area contributed by atoms with Crippen LogP contribution in [0.25, 0.3) is 0 Å². The zero-order chi connectivity index (χ0) is 21.1. The van der Waals surface area contributed by atoms with Crippen LogP contribution in [-0.2, 0) is 17.1 Å². The first-order valence-electron chi connectivity index (χ1n) is 9.20. The van der Waals surface area contributed by atoms with Crippen LogP contribution in [0.15, 0.2) is 47.5 Å². The van der Waals surface area contributed by atoms with Crippen LogP contribution in [0, 0.1) is 18.2 Å². The Kier molecular flexibility index (Phi) is 11.9. The maximum atomic E-state index is 13.5. The van der Waals surface area contributed by atoms with Gasteiger partial charge in [0, 0.05) is 23.5 Å². The van der Waals surface area contributed by atoms with E-state index in [0.29, 0.717) is 36.1 Å². The van der Waals surface area contributed by atoms with Crippen molar-refractivity contribution in [2.75, 3.05) is 24.7 Å². The van der Waals surface area contributed by atoms with E-state index in [1.165, 1.54) is 6.07 Å². The molecule has 160 valence electrons. The summed E-state index contributed by atoms with van der Waals surface area (Å²) in [6.45, 7) is 3.03. The molecule has 8 heteroatoms. The van der Waals surface area contributed by atoms with Crippen molar-refractivity contribution in [3.8, 4) is 12.3 Å². The van der Waals surface area contributed by atoms with E-state index in [9.17, 15) is 9.18 Å². The molecule has 0 heterocycles. The number of benzene rings is 2. The molecule has 0 aliphatic carbocycles. The summed E-state index contributed by atoms with van der Waals surface area (Å²) >= 11 is 1.63. The van der Waals surface area contributed by atoms with Crippen molar-refractivity contribution >= 4 is 53.3 Å². The molecule has 0 aliphatic rings. The van der Waals surface area contributed by atoms with E-state index in [0.717, 1.165) is 11.1 Å². The minimum absolute atomic E-state index is 0. The van der Waals surface area contributed by atoms with Crippen LogP contribution in [0.2, 0.25) is 0 Å². The Morgan fingerprint density at radius 3 is 2.70 bits per heavy atom. The first kappa shape index (κ1) is 25.8. The fourth-order valence-electron chi connectivity index (χ4n) is 2.60. The van der Waals surface area contributed by atoms with E-state index in [2.05, 4.69) is 26.9 Å². The summed E-state index contributed by atoms with van der Waals surface area (Å²) in [4.78, 5) is 16.7. The third kappa shape index (κ3) is 8.63. The Balaban J connectivity index is 0.00000450. The molecule has 1 amide bonds. The Hall–Kier alpha value is -2.25. The van der Waals surface area contributed by atoms with E-state index < -0.39 is 0 Å². The van der Waals surface area contributed by atoms with E-state index in [-0.39, 0.29) is 42.2 Å². The molecule has 2 aromatic carbocycles. The lowest BCUT2D eigenvalue weighted by Crippen LogP contribution is -2.41. The summed E-state index contributed by atoms with van der Waals surface area (Å²) in [7, 11) is 0. The minimum Gasteiger partial charge on any atom is -0.357 e. The number of guanidine groups is 1. The summed E-state index contributed by atoms with van der Waals surface area (Å²) in [5.41, 5.74) is 3.21. The number of nitrogens with one attached hydrogen (secondary N) is 3. The number of thioether (sulfide) groups is 1. The topological polar surface area (TPSA) is 65.5 Å². The molecule has 0 bridgehead atoms. The van der Waals surface area contributed by atoms with Gasteiger partial charge in [0.2, 0.25) is 5.91 Å². The van der Waals surface area contributed by atoms with Crippen molar-refractivity contribution in [1.29, 1.82) is 0 Å². The highest BCUT2D eigenvalue weighted by Gasteiger charge is 2.07. The average Bonchev–Trinajstić information content (AvgIpc) is 2.71. The quantitative estimate of drug-likeness (QED) is 0.205. The lowest BCUT2D eigenvalue weighted by atomic mass is 10.1. The van der Waals surface area contributed by atoms with Gasteiger partial charge in [-0.3, -0.25) is 4.79 Å². The summed E-state index contributed by atoms with van der Waals surface area (Å²) < 4.78 is 13.5. The number of hydrogen-bond acceptors (Lipinski definition) is 3. The molecule has 0 aromatic heterocycles. The Morgan fingerprint density at radius 2 is 2.00 bits per heavy atom. The summed E-state index contributed by atoms with van der Waals surface area (Å²) in [6.07, 6.45) is 7.35. The normalized spacial score (nSPS) is 10.5. The Morgan fingerprint density at radius 1 is 1.20 bits per heavy atom. The number of rotatable bonds is 8. The number of nitrogens with zero attached hydrogens (tertiary/aromatic N) is 1. The van der Waals surface area contributed by atoms with Crippen LogP contribution in [0.3, 0.4) is 0 Å². The average molecular weight is 540 g/mol. The minimum atomic E-state index is -0.252. The second-order valence-electron chi connectivity index (χ2n) is 6.17. The zero-order valence-electron chi connectivity index (χ0n) is 17.0. The molecule has 0 fully saturated rings. The van der Waals surface area contributed by atoms with Gasteiger partial charge < -0.3 is 16.0 Å². The van der Waals surface area contributed by atoms with Crippen LogP contribution in [-0.4, -0.2) is 31.2 Å². The molecule has 0 unspecified atom stereocenters. The van der Waals surface area contributed by atoms with Crippen LogP contribution in [0.5, 0.6) is 0 Å². The molecule has 0 aliphatic heterocycles. The third-order valence-corrected chi connectivity index (χ3v) is 4.55. The smallest absolute Gasteiger partial charge is 0.243 e.